The van der Waals surface area contributed by atoms with Crippen LogP contribution in [0.2, 0.25) is 0 Å². The number of nitrogens with one attached hydrogen (secondary N) is 1. The van der Waals surface area contributed by atoms with Crippen LogP contribution in [0.25, 0.3) is 0 Å². The molecule has 0 spiro atoms. The Labute approximate surface area is 117 Å². The maximum atomic E-state index is 4.71. The van der Waals surface area contributed by atoms with E-state index in [-0.39, 0.29) is 0 Å². The lowest BCUT2D eigenvalue weighted by Gasteiger charge is -2.23. The van der Waals surface area contributed by atoms with Gasteiger partial charge in [0.25, 0.3) is 0 Å². The van der Waals surface area contributed by atoms with E-state index < -0.39 is 0 Å². The predicted octanol–water partition coefficient (Wildman–Crippen LogP) is 2.43. The molecule has 1 aliphatic rings. The first kappa shape index (κ1) is 14.5. The second-order valence-electron chi connectivity index (χ2n) is 5.62. The van der Waals surface area contributed by atoms with Crippen molar-refractivity contribution < 1.29 is 0 Å². The van der Waals surface area contributed by atoms with Gasteiger partial charge in [0, 0.05) is 31.4 Å². The third kappa shape index (κ3) is 3.80. The lowest BCUT2D eigenvalue weighted by atomic mass is 10.2. The number of hydrogen-bond acceptors (Lipinski definition) is 3. The van der Waals surface area contributed by atoms with Crippen LogP contribution in [0.3, 0.4) is 0 Å². The zero-order chi connectivity index (χ0) is 13.7. The minimum atomic E-state index is 0.505. The van der Waals surface area contributed by atoms with Crippen molar-refractivity contribution in [3.05, 3.63) is 18.0 Å². The van der Waals surface area contributed by atoms with E-state index >= 15 is 0 Å². The van der Waals surface area contributed by atoms with Gasteiger partial charge in [0.1, 0.15) is 0 Å². The smallest absolute Gasteiger partial charge is 0.0765 e. The summed E-state index contributed by atoms with van der Waals surface area (Å²) in [6, 6.07) is 3.37. The van der Waals surface area contributed by atoms with Gasteiger partial charge in [-0.2, -0.15) is 5.10 Å². The molecule has 0 aliphatic carbocycles. The summed E-state index contributed by atoms with van der Waals surface area (Å²) in [6.07, 6.45) is 5.90. The predicted molar refractivity (Wildman–Crippen MR) is 79.2 cm³/mol. The molecule has 108 valence electrons. The number of hydrogen-bond donors (Lipinski definition) is 1. The lowest BCUT2D eigenvalue weighted by Crippen LogP contribution is -2.37. The lowest BCUT2D eigenvalue weighted by molar-refractivity contribution is 0.236. The fraction of sp³-hybridized carbons (Fsp3) is 0.800. The van der Waals surface area contributed by atoms with Crippen molar-refractivity contribution in [1.29, 1.82) is 0 Å². The Morgan fingerprint density at radius 3 is 3.05 bits per heavy atom. The molecular weight excluding hydrogens is 236 g/mol. The molecule has 0 amide bonds. The van der Waals surface area contributed by atoms with E-state index in [4.69, 9.17) is 5.10 Å². The van der Waals surface area contributed by atoms with Crippen LogP contribution >= 0.6 is 0 Å². The summed E-state index contributed by atoms with van der Waals surface area (Å²) in [6.45, 7) is 11.0. The van der Waals surface area contributed by atoms with E-state index in [0.717, 1.165) is 26.1 Å². The van der Waals surface area contributed by atoms with Gasteiger partial charge in [-0.25, -0.2) is 0 Å². The molecule has 4 heteroatoms. The molecule has 2 heterocycles. The van der Waals surface area contributed by atoms with Crippen LogP contribution < -0.4 is 5.32 Å². The van der Waals surface area contributed by atoms with Crippen molar-refractivity contribution in [2.75, 3.05) is 19.6 Å². The molecule has 1 aliphatic heterocycles. The molecule has 1 saturated heterocycles. The van der Waals surface area contributed by atoms with E-state index in [1.54, 1.807) is 0 Å². The quantitative estimate of drug-likeness (QED) is 0.821. The first-order valence-corrected chi connectivity index (χ1v) is 7.73. The molecular formula is C15H28N4. The third-order valence-corrected chi connectivity index (χ3v) is 4.20. The summed E-state index contributed by atoms with van der Waals surface area (Å²) in [5.41, 5.74) is 1.21. The Balaban J connectivity index is 1.90. The van der Waals surface area contributed by atoms with Gasteiger partial charge in [-0.1, -0.05) is 13.8 Å². The van der Waals surface area contributed by atoms with Crippen LogP contribution in [-0.4, -0.2) is 40.4 Å². The monoisotopic (exact) mass is 264 g/mol. The number of likely N-dealkylation sites (N-methyl/N-ethyl adjacent to an activating group) is 1. The van der Waals surface area contributed by atoms with Crippen molar-refractivity contribution in [3.63, 3.8) is 0 Å². The van der Waals surface area contributed by atoms with E-state index in [2.05, 4.69) is 47.9 Å². The average molecular weight is 264 g/mol. The molecule has 1 aromatic rings. The van der Waals surface area contributed by atoms with Crippen LogP contribution in [0.15, 0.2) is 12.3 Å². The maximum absolute atomic E-state index is 4.71. The summed E-state index contributed by atoms with van der Waals surface area (Å²) in [5.74, 6) is 0. The molecule has 0 radical (unpaired) electrons. The Morgan fingerprint density at radius 2 is 2.32 bits per heavy atom. The van der Waals surface area contributed by atoms with Gasteiger partial charge >= 0.3 is 0 Å². The summed E-state index contributed by atoms with van der Waals surface area (Å²) in [7, 11) is 0. The summed E-state index contributed by atoms with van der Waals surface area (Å²) in [5, 5.41) is 8.19. The van der Waals surface area contributed by atoms with E-state index in [0.29, 0.717) is 12.1 Å². The van der Waals surface area contributed by atoms with Crippen LogP contribution in [-0.2, 0) is 6.54 Å². The van der Waals surface area contributed by atoms with Crippen molar-refractivity contribution >= 4 is 0 Å². The highest BCUT2D eigenvalue weighted by atomic mass is 15.3. The van der Waals surface area contributed by atoms with Crippen LogP contribution in [0.4, 0.5) is 0 Å². The van der Waals surface area contributed by atoms with Gasteiger partial charge in [0.2, 0.25) is 0 Å². The van der Waals surface area contributed by atoms with Crippen molar-refractivity contribution in [1.82, 2.24) is 20.0 Å². The summed E-state index contributed by atoms with van der Waals surface area (Å²) < 4.78 is 2.10. The van der Waals surface area contributed by atoms with E-state index in [1.165, 1.54) is 25.1 Å². The van der Waals surface area contributed by atoms with Crippen LogP contribution in [0.5, 0.6) is 0 Å². The first-order chi connectivity index (χ1) is 9.24. The highest BCUT2D eigenvalue weighted by Gasteiger charge is 2.24. The summed E-state index contributed by atoms with van der Waals surface area (Å²) in [4.78, 5) is 2.58. The van der Waals surface area contributed by atoms with Gasteiger partial charge in [0.15, 0.2) is 0 Å². The second kappa shape index (κ2) is 7.06. The van der Waals surface area contributed by atoms with Crippen molar-refractivity contribution in [2.45, 2.75) is 58.7 Å². The molecule has 4 nitrogen and oxygen atoms in total. The molecule has 2 rings (SSSR count). The maximum Gasteiger partial charge on any atom is 0.0765 e. The number of likely N-dealkylation sites (tertiary alicyclic amines) is 1. The largest absolute Gasteiger partial charge is 0.315 e. The van der Waals surface area contributed by atoms with Gasteiger partial charge in [-0.15, -0.1) is 0 Å². The molecule has 0 saturated carbocycles. The Morgan fingerprint density at radius 1 is 1.47 bits per heavy atom. The Hall–Kier alpha value is -0.870. The third-order valence-electron chi connectivity index (χ3n) is 4.20. The molecule has 2 unspecified atom stereocenters. The highest BCUT2D eigenvalue weighted by molar-refractivity contribution is 5.01. The Kier molecular flexibility index (Phi) is 5.40. The van der Waals surface area contributed by atoms with E-state index in [1.807, 2.05) is 0 Å². The van der Waals surface area contributed by atoms with Crippen molar-refractivity contribution in [2.24, 2.45) is 0 Å². The van der Waals surface area contributed by atoms with Crippen molar-refractivity contribution in [3.8, 4) is 0 Å². The standard InChI is InChI=1S/C15H28N4/c1-4-13(3)19-10-8-14(17-19)12-18-9-6-7-15(18)11-16-5-2/h8,10,13,15-16H,4-7,9,11-12H2,1-3H3. The average Bonchev–Trinajstić information content (AvgIpc) is 3.05. The minimum Gasteiger partial charge on any atom is -0.315 e. The summed E-state index contributed by atoms with van der Waals surface area (Å²) >= 11 is 0. The molecule has 1 aromatic heterocycles. The van der Waals surface area contributed by atoms with Gasteiger partial charge in [0.05, 0.1) is 5.69 Å². The van der Waals surface area contributed by atoms with Gasteiger partial charge in [-0.05, 0) is 45.3 Å². The zero-order valence-electron chi connectivity index (χ0n) is 12.6. The molecule has 0 aromatic carbocycles. The normalized spacial score (nSPS) is 21.9. The number of aromatic nitrogens is 2. The SMILES string of the molecule is CCNCC1CCCN1Cc1ccn(C(C)CC)n1. The molecule has 2 atom stereocenters. The molecule has 0 bridgehead atoms. The van der Waals surface area contributed by atoms with Crippen LogP contribution in [0.1, 0.15) is 51.8 Å². The molecule has 1 fully saturated rings. The number of nitrogens with zero attached hydrogens (tertiary/aromatic N) is 3. The minimum absolute atomic E-state index is 0.505. The van der Waals surface area contributed by atoms with Crippen LogP contribution in [0, 0.1) is 0 Å². The molecule has 1 N–H and O–H groups in total. The number of rotatable bonds is 7. The zero-order valence-corrected chi connectivity index (χ0v) is 12.6. The first-order valence-electron chi connectivity index (χ1n) is 7.73. The fourth-order valence-corrected chi connectivity index (χ4v) is 2.75. The topological polar surface area (TPSA) is 33.1 Å². The van der Waals surface area contributed by atoms with E-state index in [9.17, 15) is 0 Å². The molecule has 19 heavy (non-hydrogen) atoms. The highest BCUT2D eigenvalue weighted by Crippen LogP contribution is 2.19. The second-order valence-corrected chi connectivity index (χ2v) is 5.62. The van der Waals surface area contributed by atoms with Gasteiger partial charge in [-0.3, -0.25) is 9.58 Å². The Bertz CT molecular complexity index is 374. The van der Waals surface area contributed by atoms with Gasteiger partial charge < -0.3 is 5.32 Å². The fourth-order valence-electron chi connectivity index (χ4n) is 2.75.